The molecule has 0 aliphatic heterocycles. The predicted molar refractivity (Wildman–Crippen MR) is 137 cm³/mol. The van der Waals surface area contributed by atoms with Crippen molar-refractivity contribution < 1.29 is 9.53 Å². The van der Waals surface area contributed by atoms with Gasteiger partial charge in [-0.2, -0.15) is 20.0 Å². The van der Waals surface area contributed by atoms with Gasteiger partial charge in [-0.3, -0.25) is 0 Å². The third kappa shape index (κ3) is 7.66. The molecule has 0 bridgehead atoms. The summed E-state index contributed by atoms with van der Waals surface area (Å²) in [5, 5.41) is 1.12. The summed E-state index contributed by atoms with van der Waals surface area (Å²) in [6, 6.07) is 24.7. The van der Waals surface area contributed by atoms with Crippen LogP contribution >= 0.6 is 23.2 Å². The summed E-state index contributed by atoms with van der Waals surface area (Å²) < 4.78 is 5.13. The molecule has 0 aliphatic rings. The van der Waals surface area contributed by atoms with Crippen molar-refractivity contribution in [2.75, 3.05) is 6.61 Å². The van der Waals surface area contributed by atoms with Gasteiger partial charge in [-0.05, 0) is 79.6 Å². The maximum Gasteiger partial charge on any atom is 0.357 e. The first-order chi connectivity index (χ1) is 16.4. The van der Waals surface area contributed by atoms with Gasteiger partial charge in [-0.25, -0.2) is 4.79 Å². The van der Waals surface area contributed by atoms with Gasteiger partial charge in [0, 0.05) is 10.0 Å². The first kappa shape index (κ1) is 24.8. The van der Waals surface area contributed by atoms with Crippen LogP contribution in [0, 0.1) is 6.92 Å². The van der Waals surface area contributed by atoms with E-state index in [0.29, 0.717) is 27.1 Å². The van der Waals surface area contributed by atoms with Crippen molar-refractivity contribution in [2.24, 2.45) is 20.0 Å². The van der Waals surface area contributed by atoms with Crippen molar-refractivity contribution in [1.29, 1.82) is 0 Å². The lowest BCUT2D eigenvalue weighted by Crippen LogP contribution is -2.06. The lowest BCUT2D eigenvalue weighted by molar-refractivity contribution is -0.138. The Kier molecular flexibility index (Phi) is 9.10. The fraction of sp³-hybridized carbons (Fsp3) is 0.115. The minimum absolute atomic E-state index is 0.0458. The molecule has 0 spiro atoms. The van der Waals surface area contributed by atoms with Crippen molar-refractivity contribution >= 4 is 64.3 Å². The van der Waals surface area contributed by atoms with E-state index in [1.165, 1.54) is 0 Å². The Hall–Kier alpha value is -3.79. The van der Waals surface area contributed by atoms with Crippen LogP contribution < -0.4 is 0 Å². The average Bonchev–Trinajstić information content (AvgIpc) is 2.80. The minimum atomic E-state index is -0.591. The number of hydrogen-bond acceptors (Lipinski definition) is 6. The molecule has 0 aliphatic carbocycles. The molecule has 0 radical (unpaired) electrons. The average molecular weight is 491 g/mol. The highest BCUT2D eigenvalue weighted by atomic mass is 35.5. The van der Waals surface area contributed by atoms with Crippen molar-refractivity contribution in [3.8, 4) is 0 Å². The summed E-state index contributed by atoms with van der Waals surface area (Å²) >= 11 is 11.9. The third-order valence-electron chi connectivity index (χ3n) is 4.36. The van der Waals surface area contributed by atoms with E-state index < -0.39 is 5.97 Å². The van der Waals surface area contributed by atoms with E-state index in [0.717, 1.165) is 11.1 Å². The highest BCUT2D eigenvalue weighted by Gasteiger charge is 2.10. The van der Waals surface area contributed by atoms with Crippen LogP contribution in [0.2, 0.25) is 10.0 Å². The zero-order chi connectivity index (χ0) is 24.3. The summed E-state index contributed by atoms with van der Waals surface area (Å²) in [7, 11) is 0. The largest absolute Gasteiger partial charge is 0.461 e. The molecule has 0 N–H and O–H groups in total. The van der Waals surface area contributed by atoms with E-state index in [1.807, 2.05) is 19.1 Å². The molecule has 3 aromatic carbocycles. The fourth-order valence-electron chi connectivity index (χ4n) is 2.71. The highest BCUT2D eigenvalue weighted by Crippen LogP contribution is 2.22. The zero-order valence-electron chi connectivity index (χ0n) is 18.5. The number of halogens is 2. The van der Waals surface area contributed by atoms with Gasteiger partial charge in [0.15, 0.2) is 5.70 Å². The summed E-state index contributed by atoms with van der Waals surface area (Å²) in [6.07, 6.45) is 1.60. The maximum absolute atomic E-state index is 12.4. The third-order valence-corrected chi connectivity index (χ3v) is 4.83. The Morgan fingerprint density at radius 3 is 2.06 bits per heavy atom. The second-order valence-electron chi connectivity index (χ2n) is 6.90. The van der Waals surface area contributed by atoms with Crippen molar-refractivity contribution in [1.82, 2.24) is 0 Å². The fourth-order valence-corrected chi connectivity index (χ4v) is 3.08. The van der Waals surface area contributed by atoms with Gasteiger partial charge in [0.05, 0.1) is 23.7 Å². The quantitative estimate of drug-likeness (QED) is 0.192. The molecule has 3 rings (SSSR count). The van der Waals surface area contributed by atoms with E-state index in [1.54, 1.807) is 67.6 Å². The van der Waals surface area contributed by atoms with Crippen LogP contribution in [-0.4, -0.2) is 24.6 Å². The molecular formula is C26H20Cl2N4O2. The number of ether oxygens (including phenoxy) is 1. The number of hydrogen-bond donors (Lipinski definition) is 0. The smallest absolute Gasteiger partial charge is 0.357 e. The first-order valence-corrected chi connectivity index (χ1v) is 11.0. The number of benzene rings is 3. The number of nitrogens with zero attached hydrogens (tertiary/aromatic N) is 4. The SMILES string of the molecule is CCOC(=O)/C(=C/c1cc(N=C=Nc2cccc(Cl)c2)ccc1C)N=C=Nc1cccc(Cl)c1. The standard InChI is InChI=1S/C26H20Cl2N4O2/c1-3-34-26(33)25(32-17-31-23-9-5-7-21(28)15-23)13-19-12-24(11-10-18(19)2)30-16-29-22-8-4-6-20(27)14-22/h4-15H,3H2,1-2H3/b25-13-. The molecule has 0 fully saturated rings. The van der Waals surface area contributed by atoms with Crippen LogP contribution in [0.1, 0.15) is 18.1 Å². The van der Waals surface area contributed by atoms with E-state index in [9.17, 15) is 4.79 Å². The Bertz CT molecular complexity index is 1350. The molecule has 34 heavy (non-hydrogen) atoms. The Morgan fingerprint density at radius 1 is 0.882 bits per heavy atom. The Morgan fingerprint density at radius 2 is 1.47 bits per heavy atom. The summed E-state index contributed by atoms with van der Waals surface area (Å²) in [6.45, 7) is 3.84. The topological polar surface area (TPSA) is 75.7 Å². The second-order valence-corrected chi connectivity index (χ2v) is 7.77. The summed E-state index contributed by atoms with van der Waals surface area (Å²) in [4.78, 5) is 29.1. The molecule has 3 aromatic rings. The van der Waals surface area contributed by atoms with E-state index in [4.69, 9.17) is 27.9 Å². The highest BCUT2D eigenvalue weighted by molar-refractivity contribution is 6.31. The second kappa shape index (κ2) is 12.4. The molecule has 0 atom stereocenters. The van der Waals surface area contributed by atoms with Crippen LogP contribution in [0.5, 0.6) is 0 Å². The number of carbonyl (C=O) groups is 1. The van der Waals surface area contributed by atoms with Crippen molar-refractivity contribution in [3.63, 3.8) is 0 Å². The number of rotatable bonds is 7. The van der Waals surface area contributed by atoms with Crippen LogP contribution in [0.15, 0.2) is 92.4 Å². The predicted octanol–water partition coefficient (Wildman–Crippen LogP) is 7.85. The molecule has 0 unspecified atom stereocenters. The van der Waals surface area contributed by atoms with Gasteiger partial charge in [-0.1, -0.05) is 41.4 Å². The van der Waals surface area contributed by atoms with E-state index >= 15 is 0 Å². The molecule has 8 heteroatoms. The normalized spacial score (nSPS) is 10.5. The van der Waals surface area contributed by atoms with Crippen LogP contribution in [-0.2, 0) is 9.53 Å². The molecule has 6 nitrogen and oxygen atoms in total. The van der Waals surface area contributed by atoms with Gasteiger partial charge < -0.3 is 4.74 Å². The molecular weight excluding hydrogens is 471 g/mol. The molecule has 0 amide bonds. The van der Waals surface area contributed by atoms with Crippen LogP contribution in [0.4, 0.5) is 17.1 Å². The number of carbonyl (C=O) groups excluding carboxylic acids is 1. The minimum Gasteiger partial charge on any atom is -0.461 e. The van der Waals surface area contributed by atoms with E-state index in [2.05, 4.69) is 32.0 Å². The van der Waals surface area contributed by atoms with Gasteiger partial charge in [0.2, 0.25) is 0 Å². The van der Waals surface area contributed by atoms with Crippen molar-refractivity contribution in [3.05, 3.63) is 93.6 Å². The van der Waals surface area contributed by atoms with Crippen LogP contribution in [0.3, 0.4) is 0 Å². The number of esters is 1. The summed E-state index contributed by atoms with van der Waals surface area (Å²) in [5.41, 5.74) is 3.48. The number of aliphatic imine (C=N–C) groups is 4. The Balaban J connectivity index is 1.92. The first-order valence-electron chi connectivity index (χ1n) is 10.3. The maximum atomic E-state index is 12.4. The van der Waals surface area contributed by atoms with Gasteiger partial charge >= 0.3 is 5.97 Å². The zero-order valence-corrected chi connectivity index (χ0v) is 20.0. The Labute approximate surface area is 207 Å². The molecule has 170 valence electrons. The lowest BCUT2D eigenvalue weighted by Gasteiger charge is -2.04. The van der Waals surface area contributed by atoms with Gasteiger partial charge in [-0.15, -0.1) is 0 Å². The van der Waals surface area contributed by atoms with Gasteiger partial charge in [0.25, 0.3) is 0 Å². The molecule has 0 heterocycles. The monoisotopic (exact) mass is 490 g/mol. The molecule has 0 aromatic heterocycles. The lowest BCUT2D eigenvalue weighted by atomic mass is 10.1. The summed E-state index contributed by atoms with van der Waals surface area (Å²) in [5.74, 6) is -0.591. The number of aryl methyl sites for hydroxylation is 1. The molecule has 0 saturated carbocycles. The van der Waals surface area contributed by atoms with Gasteiger partial charge in [0.1, 0.15) is 12.0 Å². The molecule has 0 saturated heterocycles. The van der Waals surface area contributed by atoms with Crippen molar-refractivity contribution in [2.45, 2.75) is 13.8 Å². The van der Waals surface area contributed by atoms with Crippen LogP contribution in [0.25, 0.3) is 6.08 Å². The van der Waals surface area contributed by atoms with E-state index in [-0.39, 0.29) is 12.3 Å².